The number of hydrogen-bond donors (Lipinski definition) is 2. The molecule has 2 fully saturated rings. The molecule has 4 atom stereocenters. The van der Waals surface area contributed by atoms with E-state index in [0.717, 1.165) is 4.90 Å². The molecular weight excluding hydrogens is 412 g/mol. The van der Waals surface area contributed by atoms with Crippen molar-refractivity contribution >= 4 is 34.8 Å². The normalized spacial score (nSPS) is 28.4. The molecule has 0 radical (unpaired) electrons. The number of rotatable bonds is 3. The highest BCUT2D eigenvalue weighted by Gasteiger charge is 2.71. The van der Waals surface area contributed by atoms with Crippen LogP contribution in [0.3, 0.4) is 0 Å². The smallest absolute Gasteiger partial charge is 0.274 e. The molecule has 0 aromatic heterocycles. The third-order valence-corrected chi connectivity index (χ3v) is 6.99. The summed E-state index contributed by atoms with van der Waals surface area (Å²) in [5, 5.41) is 17.6. The van der Waals surface area contributed by atoms with E-state index in [2.05, 4.69) is 10.6 Å². The molecule has 2 saturated heterocycles. The Kier molecular flexibility index (Phi) is 4.26. The van der Waals surface area contributed by atoms with Crippen molar-refractivity contribution in [2.75, 3.05) is 10.2 Å². The van der Waals surface area contributed by atoms with Crippen molar-refractivity contribution in [1.82, 2.24) is 5.32 Å². The molecule has 9 heteroatoms. The molecule has 3 aliphatic heterocycles. The summed E-state index contributed by atoms with van der Waals surface area (Å²) in [6, 6.07) is 11.1. The van der Waals surface area contributed by atoms with Gasteiger partial charge in [-0.15, -0.1) is 0 Å². The molecule has 3 amide bonds. The standard InChI is InChI=1S/C23H22N4O5/c1-11(2)19-17-18(23(25-19)13-7-4-5-8-14(13)24-22(23)30)21(29)26(20(17)28)15-9-6-10-16(12(15)3)27(31)32/h4-11,17-19,25H,1-3H3,(H,24,30)/t17-,18+,19-,23+/m0/s1. The predicted molar refractivity (Wildman–Crippen MR) is 116 cm³/mol. The summed E-state index contributed by atoms with van der Waals surface area (Å²) in [6.45, 7) is 5.39. The van der Waals surface area contributed by atoms with Crippen molar-refractivity contribution in [3.05, 3.63) is 63.7 Å². The largest absolute Gasteiger partial charge is 0.324 e. The summed E-state index contributed by atoms with van der Waals surface area (Å²) in [7, 11) is 0. The van der Waals surface area contributed by atoms with E-state index in [-0.39, 0.29) is 28.8 Å². The van der Waals surface area contributed by atoms with E-state index < -0.39 is 40.2 Å². The Hall–Kier alpha value is -3.59. The minimum Gasteiger partial charge on any atom is -0.324 e. The van der Waals surface area contributed by atoms with E-state index in [4.69, 9.17) is 0 Å². The Bertz CT molecular complexity index is 1210. The third kappa shape index (κ3) is 2.39. The van der Waals surface area contributed by atoms with Crippen LogP contribution < -0.4 is 15.5 Å². The fourth-order valence-electron chi connectivity index (χ4n) is 5.55. The summed E-state index contributed by atoms with van der Waals surface area (Å²) < 4.78 is 0. The molecule has 3 aliphatic rings. The van der Waals surface area contributed by atoms with E-state index in [0.29, 0.717) is 11.3 Å². The first-order chi connectivity index (χ1) is 15.2. The minimum atomic E-state index is -1.37. The summed E-state index contributed by atoms with van der Waals surface area (Å²) in [6.07, 6.45) is 0. The van der Waals surface area contributed by atoms with E-state index in [1.165, 1.54) is 25.1 Å². The van der Waals surface area contributed by atoms with Crippen LogP contribution in [0, 0.1) is 34.8 Å². The maximum Gasteiger partial charge on any atom is 0.274 e. The maximum atomic E-state index is 13.8. The average Bonchev–Trinajstić information content (AvgIpc) is 3.34. The number of carbonyl (C=O) groups excluding carboxylic acids is 3. The number of nitro groups is 1. The van der Waals surface area contributed by atoms with Gasteiger partial charge in [-0.25, -0.2) is 4.90 Å². The van der Waals surface area contributed by atoms with Gasteiger partial charge < -0.3 is 5.32 Å². The van der Waals surface area contributed by atoms with Gasteiger partial charge in [-0.2, -0.15) is 0 Å². The van der Waals surface area contributed by atoms with Crippen LogP contribution >= 0.6 is 0 Å². The molecule has 164 valence electrons. The third-order valence-electron chi connectivity index (χ3n) is 6.99. The highest BCUT2D eigenvalue weighted by atomic mass is 16.6. The lowest BCUT2D eigenvalue weighted by Crippen LogP contribution is -2.54. The molecule has 2 N–H and O–H groups in total. The summed E-state index contributed by atoms with van der Waals surface area (Å²) >= 11 is 0. The van der Waals surface area contributed by atoms with E-state index in [9.17, 15) is 24.5 Å². The Labute approximate surface area is 183 Å². The van der Waals surface area contributed by atoms with Gasteiger partial charge in [0.15, 0.2) is 0 Å². The number of amides is 3. The molecule has 1 spiro atoms. The lowest BCUT2D eigenvalue weighted by molar-refractivity contribution is -0.385. The summed E-state index contributed by atoms with van der Waals surface area (Å²) in [5.41, 5.74) is 0.135. The number of benzene rings is 2. The van der Waals surface area contributed by atoms with Gasteiger partial charge in [0, 0.05) is 23.4 Å². The molecule has 9 nitrogen and oxygen atoms in total. The van der Waals surface area contributed by atoms with Crippen molar-refractivity contribution in [3.8, 4) is 0 Å². The fraction of sp³-hybridized carbons (Fsp3) is 0.348. The minimum absolute atomic E-state index is 0.0367. The first-order valence-electron chi connectivity index (χ1n) is 10.5. The lowest BCUT2D eigenvalue weighted by atomic mass is 9.76. The molecule has 2 aromatic carbocycles. The number of para-hydroxylation sites is 1. The highest BCUT2D eigenvalue weighted by Crippen LogP contribution is 2.54. The van der Waals surface area contributed by atoms with Gasteiger partial charge in [-0.1, -0.05) is 38.1 Å². The Morgan fingerprint density at radius 1 is 1.06 bits per heavy atom. The molecule has 0 unspecified atom stereocenters. The van der Waals surface area contributed by atoms with Gasteiger partial charge in [0.05, 0.1) is 28.0 Å². The van der Waals surface area contributed by atoms with Gasteiger partial charge in [-0.05, 0) is 25.0 Å². The van der Waals surface area contributed by atoms with E-state index >= 15 is 0 Å². The van der Waals surface area contributed by atoms with Crippen molar-refractivity contribution < 1.29 is 19.3 Å². The Balaban J connectivity index is 1.70. The van der Waals surface area contributed by atoms with Gasteiger partial charge in [0.2, 0.25) is 17.7 Å². The first-order valence-corrected chi connectivity index (χ1v) is 10.5. The van der Waals surface area contributed by atoms with Crippen LogP contribution in [0.25, 0.3) is 0 Å². The van der Waals surface area contributed by atoms with Crippen molar-refractivity contribution in [2.24, 2.45) is 17.8 Å². The molecule has 0 saturated carbocycles. The molecule has 32 heavy (non-hydrogen) atoms. The fourth-order valence-corrected chi connectivity index (χ4v) is 5.55. The Morgan fingerprint density at radius 3 is 2.47 bits per heavy atom. The van der Waals surface area contributed by atoms with Gasteiger partial charge in [0.1, 0.15) is 5.54 Å². The zero-order valence-electron chi connectivity index (χ0n) is 17.8. The first kappa shape index (κ1) is 20.3. The molecule has 5 rings (SSSR count). The quantitative estimate of drug-likeness (QED) is 0.435. The number of nitrogens with one attached hydrogen (secondary N) is 2. The summed E-state index contributed by atoms with van der Waals surface area (Å²) in [4.78, 5) is 52.8. The monoisotopic (exact) mass is 434 g/mol. The predicted octanol–water partition coefficient (Wildman–Crippen LogP) is 2.48. The highest BCUT2D eigenvalue weighted by molar-refractivity contribution is 6.26. The molecular formula is C23H22N4O5. The SMILES string of the molecule is Cc1c(N2C(=O)[C@@H]3[C@H](C(C)C)N[C@@]4(C(=O)Nc5ccccc54)[C@H]3C2=O)cccc1[N+](=O)[O-]. The van der Waals surface area contributed by atoms with Crippen LogP contribution in [-0.2, 0) is 19.9 Å². The van der Waals surface area contributed by atoms with Gasteiger partial charge >= 0.3 is 0 Å². The van der Waals surface area contributed by atoms with Crippen molar-refractivity contribution in [1.29, 1.82) is 0 Å². The van der Waals surface area contributed by atoms with Crippen LogP contribution in [0.4, 0.5) is 17.1 Å². The number of hydrogen-bond acceptors (Lipinski definition) is 6. The molecule has 2 aromatic rings. The lowest BCUT2D eigenvalue weighted by Gasteiger charge is -2.30. The second kappa shape index (κ2) is 6.70. The molecule has 3 heterocycles. The topological polar surface area (TPSA) is 122 Å². The maximum absolute atomic E-state index is 13.8. The van der Waals surface area contributed by atoms with Crippen molar-refractivity contribution in [2.45, 2.75) is 32.4 Å². The zero-order chi connectivity index (χ0) is 22.9. The van der Waals surface area contributed by atoms with E-state index in [1.54, 1.807) is 24.3 Å². The van der Waals surface area contributed by atoms with Gasteiger partial charge in [-0.3, -0.25) is 29.8 Å². The number of carbonyl (C=O) groups is 3. The van der Waals surface area contributed by atoms with Crippen LogP contribution in [0.5, 0.6) is 0 Å². The zero-order valence-corrected chi connectivity index (χ0v) is 17.8. The average molecular weight is 434 g/mol. The van der Waals surface area contributed by atoms with Crippen LogP contribution in [-0.4, -0.2) is 28.7 Å². The number of nitro benzene ring substituents is 1. The molecule has 0 bridgehead atoms. The summed E-state index contributed by atoms with van der Waals surface area (Å²) in [5.74, 6) is -3.08. The second-order valence-electron chi connectivity index (χ2n) is 8.92. The number of anilines is 2. The van der Waals surface area contributed by atoms with E-state index in [1.807, 2.05) is 13.8 Å². The molecule has 0 aliphatic carbocycles. The van der Waals surface area contributed by atoms with Crippen molar-refractivity contribution in [3.63, 3.8) is 0 Å². The number of imide groups is 1. The Morgan fingerprint density at radius 2 is 1.78 bits per heavy atom. The number of nitrogens with zero attached hydrogens (tertiary/aromatic N) is 2. The second-order valence-corrected chi connectivity index (χ2v) is 8.92. The van der Waals surface area contributed by atoms with Crippen LogP contribution in [0.1, 0.15) is 25.0 Å². The number of fused-ring (bicyclic) bond motifs is 4. The van der Waals surface area contributed by atoms with Crippen LogP contribution in [0.15, 0.2) is 42.5 Å². The van der Waals surface area contributed by atoms with Crippen LogP contribution in [0.2, 0.25) is 0 Å². The van der Waals surface area contributed by atoms with Gasteiger partial charge in [0.25, 0.3) is 5.69 Å².